The third-order valence-corrected chi connectivity index (χ3v) is 3.61. The predicted molar refractivity (Wildman–Crippen MR) is 81.6 cm³/mol. The van der Waals surface area contributed by atoms with Crippen LogP contribution >= 0.6 is 0 Å². The summed E-state index contributed by atoms with van der Waals surface area (Å²) in [7, 11) is 1.83. The number of rotatable bonds is 5. The molecule has 6 heteroatoms. The van der Waals surface area contributed by atoms with Gasteiger partial charge in [0, 0.05) is 30.1 Å². The van der Waals surface area contributed by atoms with Gasteiger partial charge in [-0.25, -0.2) is 4.79 Å². The van der Waals surface area contributed by atoms with Crippen LogP contribution in [-0.2, 0) is 11.3 Å². The number of nitrogens with zero attached hydrogens (tertiary/aromatic N) is 1. The van der Waals surface area contributed by atoms with Crippen molar-refractivity contribution in [2.45, 2.75) is 25.4 Å². The molecule has 1 aliphatic carbocycles. The Balaban J connectivity index is 1.77. The van der Waals surface area contributed by atoms with Crippen LogP contribution < -0.4 is 10.9 Å². The van der Waals surface area contributed by atoms with E-state index in [2.05, 4.69) is 5.32 Å². The van der Waals surface area contributed by atoms with Gasteiger partial charge in [-0.3, -0.25) is 9.69 Å². The molecule has 0 radical (unpaired) electrons. The summed E-state index contributed by atoms with van der Waals surface area (Å²) in [4.78, 5) is 25.3. The van der Waals surface area contributed by atoms with E-state index in [1.165, 1.54) is 12.1 Å². The molecule has 1 fully saturated rings. The number of hydrogen-bond acceptors (Lipinski definition) is 5. The van der Waals surface area contributed by atoms with Gasteiger partial charge in [0.25, 0.3) is 0 Å². The Morgan fingerprint density at radius 3 is 2.91 bits per heavy atom. The van der Waals surface area contributed by atoms with Gasteiger partial charge in [-0.2, -0.15) is 0 Å². The highest BCUT2D eigenvalue weighted by Gasteiger charge is 2.23. The Hall–Kier alpha value is -2.34. The second-order valence-electron chi connectivity index (χ2n) is 5.79. The lowest BCUT2D eigenvalue weighted by atomic mass is 10.1. The van der Waals surface area contributed by atoms with Crippen LogP contribution in [0.15, 0.2) is 33.5 Å². The van der Waals surface area contributed by atoms with Gasteiger partial charge in [-0.05, 0) is 37.6 Å². The minimum absolute atomic E-state index is 0.00471. The summed E-state index contributed by atoms with van der Waals surface area (Å²) < 4.78 is 5.09. The lowest BCUT2D eigenvalue weighted by Crippen LogP contribution is -2.36. The van der Waals surface area contributed by atoms with E-state index in [4.69, 9.17) is 4.42 Å². The summed E-state index contributed by atoms with van der Waals surface area (Å²) in [5.74, 6) is 0.0416. The van der Waals surface area contributed by atoms with Gasteiger partial charge in [0.05, 0.1) is 6.54 Å². The van der Waals surface area contributed by atoms with Crippen molar-refractivity contribution in [3.63, 3.8) is 0 Å². The molecule has 0 unspecified atom stereocenters. The van der Waals surface area contributed by atoms with Crippen LogP contribution in [0.5, 0.6) is 5.75 Å². The standard InChI is InChI=1S/C16H18N2O4/c1-18(9-15(20)17-11-2-3-11)8-10-6-16(21)22-14-7-12(19)4-5-13(10)14/h4-7,11,19H,2-3,8-9H2,1H3,(H,17,20). The summed E-state index contributed by atoms with van der Waals surface area (Å²) >= 11 is 0. The van der Waals surface area contributed by atoms with Crippen LogP contribution in [0, 0.1) is 0 Å². The Labute approximate surface area is 127 Å². The van der Waals surface area contributed by atoms with E-state index in [9.17, 15) is 14.7 Å². The van der Waals surface area contributed by atoms with Crippen LogP contribution in [0.2, 0.25) is 0 Å². The number of carbonyl (C=O) groups excluding carboxylic acids is 1. The Bertz CT molecular complexity index is 764. The quantitative estimate of drug-likeness (QED) is 0.811. The zero-order chi connectivity index (χ0) is 15.7. The maximum Gasteiger partial charge on any atom is 0.336 e. The maximum absolute atomic E-state index is 11.8. The first-order chi connectivity index (χ1) is 10.5. The summed E-state index contributed by atoms with van der Waals surface area (Å²) in [5.41, 5.74) is 0.648. The highest BCUT2D eigenvalue weighted by atomic mass is 16.4. The van der Waals surface area contributed by atoms with Crippen LogP contribution in [0.25, 0.3) is 11.0 Å². The van der Waals surface area contributed by atoms with Gasteiger partial charge < -0.3 is 14.8 Å². The van der Waals surface area contributed by atoms with Crippen LogP contribution in [0.1, 0.15) is 18.4 Å². The van der Waals surface area contributed by atoms with E-state index in [0.29, 0.717) is 18.2 Å². The van der Waals surface area contributed by atoms with Crippen molar-refractivity contribution in [1.82, 2.24) is 10.2 Å². The number of hydrogen-bond donors (Lipinski definition) is 2. The van der Waals surface area contributed by atoms with E-state index in [-0.39, 0.29) is 18.2 Å². The lowest BCUT2D eigenvalue weighted by molar-refractivity contribution is -0.122. The molecule has 22 heavy (non-hydrogen) atoms. The molecular formula is C16H18N2O4. The van der Waals surface area contributed by atoms with Crippen molar-refractivity contribution in [2.75, 3.05) is 13.6 Å². The molecule has 1 aromatic carbocycles. The molecule has 1 aliphatic rings. The lowest BCUT2D eigenvalue weighted by Gasteiger charge is -2.17. The SMILES string of the molecule is CN(CC(=O)NC1CC1)Cc1cc(=O)oc2cc(O)ccc12. The third-order valence-electron chi connectivity index (χ3n) is 3.61. The van der Waals surface area contributed by atoms with Crippen LogP contribution in [-0.4, -0.2) is 35.5 Å². The van der Waals surface area contributed by atoms with Gasteiger partial charge in [-0.15, -0.1) is 0 Å². The molecule has 0 atom stereocenters. The highest BCUT2D eigenvalue weighted by Crippen LogP contribution is 2.22. The smallest absolute Gasteiger partial charge is 0.336 e. The van der Waals surface area contributed by atoms with Crippen molar-refractivity contribution in [1.29, 1.82) is 0 Å². The number of benzene rings is 1. The topological polar surface area (TPSA) is 82.8 Å². The normalized spacial score (nSPS) is 14.5. The number of phenolic OH excluding ortho intramolecular Hbond substituents is 1. The molecule has 2 aromatic rings. The molecule has 1 saturated carbocycles. The number of amides is 1. The van der Waals surface area contributed by atoms with E-state index in [1.807, 2.05) is 11.9 Å². The average Bonchev–Trinajstić information content (AvgIpc) is 3.21. The van der Waals surface area contributed by atoms with Crippen molar-refractivity contribution in [2.24, 2.45) is 0 Å². The minimum atomic E-state index is -0.469. The number of aromatic hydroxyl groups is 1. The molecule has 116 valence electrons. The van der Waals surface area contributed by atoms with Crippen LogP contribution in [0.4, 0.5) is 0 Å². The van der Waals surface area contributed by atoms with Crippen LogP contribution in [0.3, 0.4) is 0 Å². The summed E-state index contributed by atoms with van der Waals surface area (Å²) in [5, 5.41) is 13.2. The Kier molecular flexibility index (Phi) is 3.85. The first-order valence-corrected chi connectivity index (χ1v) is 7.25. The largest absolute Gasteiger partial charge is 0.508 e. The zero-order valence-corrected chi connectivity index (χ0v) is 12.3. The molecule has 6 nitrogen and oxygen atoms in total. The van der Waals surface area contributed by atoms with Crippen molar-refractivity contribution in [3.05, 3.63) is 40.2 Å². The summed E-state index contributed by atoms with van der Waals surface area (Å²) in [6.07, 6.45) is 2.12. The zero-order valence-electron chi connectivity index (χ0n) is 12.3. The second kappa shape index (κ2) is 5.81. The minimum Gasteiger partial charge on any atom is -0.508 e. The fourth-order valence-corrected chi connectivity index (χ4v) is 2.44. The first-order valence-electron chi connectivity index (χ1n) is 7.25. The highest BCUT2D eigenvalue weighted by molar-refractivity contribution is 5.82. The number of phenols is 1. The number of carbonyl (C=O) groups is 1. The molecule has 2 N–H and O–H groups in total. The molecule has 0 bridgehead atoms. The van der Waals surface area contributed by atoms with E-state index in [1.54, 1.807) is 12.1 Å². The van der Waals surface area contributed by atoms with Gasteiger partial charge >= 0.3 is 5.63 Å². The molecule has 1 amide bonds. The molecule has 1 heterocycles. The van der Waals surface area contributed by atoms with Gasteiger partial charge in [-0.1, -0.05) is 0 Å². The Morgan fingerprint density at radius 1 is 1.41 bits per heavy atom. The molecular weight excluding hydrogens is 284 g/mol. The monoisotopic (exact) mass is 302 g/mol. The Morgan fingerprint density at radius 2 is 2.18 bits per heavy atom. The van der Waals surface area contributed by atoms with Gasteiger partial charge in [0.2, 0.25) is 5.91 Å². The fourth-order valence-electron chi connectivity index (χ4n) is 2.44. The summed E-state index contributed by atoms with van der Waals surface area (Å²) in [6, 6.07) is 6.44. The number of likely N-dealkylation sites (N-methyl/N-ethyl adjacent to an activating group) is 1. The fraction of sp³-hybridized carbons (Fsp3) is 0.375. The molecule has 0 spiro atoms. The van der Waals surface area contributed by atoms with Crippen molar-refractivity contribution in [3.8, 4) is 5.75 Å². The second-order valence-corrected chi connectivity index (χ2v) is 5.79. The van der Waals surface area contributed by atoms with Crippen molar-refractivity contribution < 1.29 is 14.3 Å². The molecule has 3 rings (SSSR count). The average molecular weight is 302 g/mol. The van der Waals surface area contributed by atoms with E-state index >= 15 is 0 Å². The molecule has 0 aliphatic heterocycles. The molecule has 0 saturated heterocycles. The molecule has 1 aromatic heterocycles. The summed E-state index contributed by atoms with van der Waals surface area (Å²) in [6.45, 7) is 0.723. The number of nitrogens with one attached hydrogen (secondary N) is 1. The number of fused-ring (bicyclic) bond motifs is 1. The van der Waals surface area contributed by atoms with Gasteiger partial charge in [0.15, 0.2) is 0 Å². The van der Waals surface area contributed by atoms with Gasteiger partial charge in [0.1, 0.15) is 11.3 Å². The third kappa shape index (κ3) is 3.46. The van der Waals surface area contributed by atoms with E-state index in [0.717, 1.165) is 23.8 Å². The van der Waals surface area contributed by atoms with Crippen molar-refractivity contribution >= 4 is 16.9 Å². The maximum atomic E-state index is 11.8. The first kappa shape index (κ1) is 14.6. The van der Waals surface area contributed by atoms with E-state index < -0.39 is 5.63 Å². The predicted octanol–water partition coefficient (Wildman–Crippen LogP) is 1.21.